The molecular formula is C24H31ClN2O5S. The van der Waals surface area contributed by atoms with E-state index < -0.39 is 10.0 Å². The SMILES string of the molecule is CCCOc1c(Cl)cc(C(=O)N2CCCN(S(=O)(=O)c3ccc(C)cc3)CC2)cc1OCC. The van der Waals surface area contributed by atoms with Gasteiger partial charge in [-0.15, -0.1) is 0 Å². The number of nitrogens with zero attached hydrogens (tertiary/aromatic N) is 2. The third-order valence-corrected chi connectivity index (χ3v) is 7.60. The van der Waals surface area contributed by atoms with E-state index in [1.54, 1.807) is 41.3 Å². The van der Waals surface area contributed by atoms with Gasteiger partial charge in [-0.05, 0) is 51.0 Å². The summed E-state index contributed by atoms with van der Waals surface area (Å²) in [7, 11) is -3.61. The number of hydrogen-bond acceptors (Lipinski definition) is 5. The van der Waals surface area contributed by atoms with Gasteiger partial charge in [0.2, 0.25) is 10.0 Å². The molecule has 0 spiro atoms. The molecule has 1 amide bonds. The largest absolute Gasteiger partial charge is 0.490 e. The fourth-order valence-corrected chi connectivity index (χ4v) is 5.41. The van der Waals surface area contributed by atoms with Gasteiger partial charge in [-0.2, -0.15) is 4.31 Å². The van der Waals surface area contributed by atoms with Gasteiger partial charge in [0.1, 0.15) is 0 Å². The van der Waals surface area contributed by atoms with Crippen LogP contribution in [0.5, 0.6) is 11.5 Å². The molecule has 1 saturated heterocycles. The Hall–Kier alpha value is -2.29. The standard InChI is InChI=1S/C24H31ClN2O5S/c1-4-15-32-23-21(25)16-19(17-22(23)31-5-2)24(28)26-11-6-12-27(14-13-26)33(29,30)20-9-7-18(3)8-10-20/h7-10,16-17H,4-6,11-15H2,1-3H3. The molecule has 0 atom stereocenters. The highest BCUT2D eigenvalue weighted by Gasteiger charge is 2.29. The number of benzene rings is 2. The lowest BCUT2D eigenvalue weighted by molar-refractivity contribution is 0.0763. The van der Waals surface area contributed by atoms with E-state index in [0.29, 0.717) is 61.4 Å². The maximum Gasteiger partial charge on any atom is 0.254 e. The molecule has 1 aliphatic rings. The maximum atomic E-state index is 13.3. The van der Waals surface area contributed by atoms with E-state index in [9.17, 15) is 13.2 Å². The Morgan fingerprint density at radius 3 is 2.42 bits per heavy atom. The molecule has 0 N–H and O–H groups in total. The molecule has 1 fully saturated rings. The number of hydrogen-bond donors (Lipinski definition) is 0. The lowest BCUT2D eigenvalue weighted by atomic mass is 10.1. The highest BCUT2D eigenvalue weighted by molar-refractivity contribution is 7.89. The summed E-state index contributed by atoms with van der Waals surface area (Å²) in [6.45, 7) is 7.99. The smallest absolute Gasteiger partial charge is 0.254 e. The predicted octanol–water partition coefficient (Wildman–Crippen LogP) is 4.37. The van der Waals surface area contributed by atoms with Crippen molar-refractivity contribution in [2.24, 2.45) is 0 Å². The van der Waals surface area contributed by atoms with Gasteiger partial charge in [0.25, 0.3) is 5.91 Å². The molecule has 0 aliphatic carbocycles. The van der Waals surface area contributed by atoms with Crippen molar-refractivity contribution in [2.75, 3.05) is 39.4 Å². The van der Waals surface area contributed by atoms with Crippen LogP contribution in [0.15, 0.2) is 41.3 Å². The van der Waals surface area contributed by atoms with E-state index in [2.05, 4.69) is 0 Å². The fourth-order valence-electron chi connectivity index (χ4n) is 3.68. The third kappa shape index (κ3) is 5.99. The van der Waals surface area contributed by atoms with Crippen LogP contribution in [-0.2, 0) is 10.0 Å². The number of carbonyl (C=O) groups is 1. The van der Waals surface area contributed by atoms with Crippen LogP contribution in [0, 0.1) is 6.92 Å². The van der Waals surface area contributed by atoms with Gasteiger partial charge in [-0.1, -0.05) is 36.2 Å². The van der Waals surface area contributed by atoms with Crippen LogP contribution in [0.4, 0.5) is 0 Å². The average Bonchev–Trinajstić information content (AvgIpc) is 3.05. The van der Waals surface area contributed by atoms with Gasteiger partial charge in [0, 0.05) is 31.7 Å². The van der Waals surface area contributed by atoms with E-state index in [0.717, 1.165) is 12.0 Å². The number of aryl methyl sites for hydroxylation is 1. The Balaban J connectivity index is 1.77. The van der Waals surface area contributed by atoms with Crippen LogP contribution in [0.25, 0.3) is 0 Å². The molecule has 0 unspecified atom stereocenters. The zero-order chi connectivity index (χ0) is 24.0. The topological polar surface area (TPSA) is 76.2 Å². The first-order valence-electron chi connectivity index (χ1n) is 11.2. The monoisotopic (exact) mass is 494 g/mol. The quantitative estimate of drug-likeness (QED) is 0.544. The van der Waals surface area contributed by atoms with E-state index in [1.165, 1.54) is 4.31 Å². The normalized spacial score (nSPS) is 15.2. The third-order valence-electron chi connectivity index (χ3n) is 5.41. The number of carbonyl (C=O) groups excluding carboxylic acids is 1. The summed E-state index contributed by atoms with van der Waals surface area (Å²) in [5, 5.41) is 0.316. The molecule has 1 aliphatic heterocycles. The minimum atomic E-state index is -3.61. The van der Waals surface area contributed by atoms with Gasteiger partial charge in [0.15, 0.2) is 11.5 Å². The van der Waals surface area contributed by atoms with Crippen molar-refractivity contribution in [3.63, 3.8) is 0 Å². The second-order valence-electron chi connectivity index (χ2n) is 7.93. The molecule has 33 heavy (non-hydrogen) atoms. The molecule has 3 rings (SSSR count). The highest BCUT2D eigenvalue weighted by atomic mass is 35.5. The van der Waals surface area contributed by atoms with Gasteiger partial charge >= 0.3 is 0 Å². The van der Waals surface area contributed by atoms with Gasteiger partial charge in [-0.3, -0.25) is 4.79 Å². The second kappa shape index (κ2) is 11.2. The van der Waals surface area contributed by atoms with Crippen LogP contribution in [0.2, 0.25) is 5.02 Å². The highest BCUT2D eigenvalue weighted by Crippen LogP contribution is 2.37. The van der Waals surface area contributed by atoms with Crippen LogP contribution in [-0.4, -0.2) is 62.9 Å². The van der Waals surface area contributed by atoms with Crippen molar-refractivity contribution in [3.05, 3.63) is 52.5 Å². The molecule has 0 bridgehead atoms. The fraction of sp³-hybridized carbons (Fsp3) is 0.458. The van der Waals surface area contributed by atoms with E-state index in [4.69, 9.17) is 21.1 Å². The summed E-state index contributed by atoms with van der Waals surface area (Å²) in [6.07, 6.45) is 1.36. The summed E-state index contributed by atoms with van der Waals surface area (Å²) in [6, 6.07) is 10.1. The van der Waals surface area contributed by atoms with Gasteiger partial charge in [-0.25, -0.2) is 8.42 Å². The summed E-state index contributed by atoms with van der Waals surface area (Å²) < 4.78 is 38.9. The Kier molecular flexibility index (Phi) is 8.62. The van der Waals surface area contributed by atoms with Crippen LogP contribution >= 0.6 is 11.6 Å². The first-order valence-corrected chi connectivity index (χ1v) is 13.0. The Morgan fingerprint density at radius 2 is 1.76 bits per heavy atom. The first kappa shape index (κ1) is 25.3. The average molecular weight is 495 g/mol. The Morgan fingerprint density at radius 1 is 1.03 bits per heavy atom. The van der Waals surface area contributed by atoms with Crippen molar-refractivity contribution in [1.29, 1.82) is 0 Å². The zero-order valence-electron chi connectivity index (χ0n) is 19.3. The number of ether oxygens (including phenoxy) is 2. The molecule has 0 saturated carbocycles. The predicted molar refractivity (Wildman–Crippen MR) is 129 cm³/mol. The second-order valence-corrected chi connectivity index (χ2v) is 10.3. The number of halogens is 1. The molecule has 9 heteroatoms. The number of amides is 1. The summed E-state index contributed by atoms with van der Waals surface area (Å²) in [5.74, 6) is 0.651. The minimum Gasteiger partial charge on any atom is -0.490 e. The molecule has 2 aromatic carbocycles. The number of rotatable bonds is 8. The maximum absolute atomic E-state index is 13.3. The molecule has 7 nitrogen and oxygen atoms in total. The molecule has 2 aromatic rings. The Labute approximate surface area is 201 Å². The van der Waals surface area contributed by atoms with E-state index in [-0.39, 0.29) is 17.3 Å². The van der Waals surface area contributed by atoms with Gasteiger partial charge < -0.3 is 14.4 Å². The summed E-state index contributed by atoms with van der Waals surface area (Å²) in [4.78, 5) is 15.2. The molecule has 1 heterocycles. The lowest BCUT2D eigenvalue weighted by Crippen LogP contribution is -2.37. The summed E-state index contributed by atoms with van der Waals surface area (Å²) >= 11 is 6.42. The van der Waals surface area contributed by atoms with Gasteiger partial charge in [0.05, 0.1) is 23.1 Å². The van der Waals surface area contributed by atoms with Crippen molar-refractivity contribution in [1.82, 2.24) is 9.21 Å². The summed E-state index contributed by atoms with van der Waals surface area (Å²) in [5.41, 5.74) is 1.39. The van der Waals surface area contributed by atoms with Crippen molar-refractivity contribution >= 4 is 27.5 Å². The van der Waals surface area contributed by atoms with Crippen molar-refractivity contribution in [2.45, 2.75) is 38.5 Å². The van der Waals surface area contributed by atoms with Crippen LogP contribution in [0.1, 0.15) is 42.6 Å². The van der Waals surface area contributed by atoms with Crippen LogP contribution < -0.4 is 9.47 Å². The van der Waals surface area contributed by atoms with Crippen LogP contribution in [0.3, 0.4) is 0 Å². The molecule has 180 valence electrons. The minimum absolute atomic E-state index is 0.213. The van der Waals surface area contributed by atoms with Crippen molar-refractivity contribution in [3.8, 4) is 11.5 Å². The van der Waals surface area contributed by atoms with E-state index in [1.807, 2.05) is 20.8 Å². The molecular weight excluding hydrogens is 464 g/mol. The first-order chi connectivity index (χ1) is 15.8. The molecule has 0 aromatic heterocycles. The van der Waals surface area contributed by atoms with Crippen molar-refractivity contribution < 1.29 is 22.7 Å². The zero-order valence-corrected chi connectivity index (χ0v) is 20.9. The number of sulfonamides is 1. The van der Waals surface area contributed by atoms with E-state index >= 15 is 0 Å². The lowest BCUT2D eigenvalue weighted by Gasteiger charge is -2.23. The Bertz CT molecular complexity index is 1070. The molecule has 0 radical (unpaired) electrons.